The maximum absolute atomic E-state index is 11.5. The molecule has 0 atom stereocenters. The Bertz CT molecular complexity index is 625. The van der Waals surface area contributed by atoms with Gasteiger partial charge >= 0.3 is 5.69 Å². The van der Waals surface area contributed by atoms with E-state index in [9.17, 15) is 4.79 Å². The predicted octanol–water partition coefficient (Wildman–Crippen LogP) is 1.21. The van der Waals surface area contributed by atoms with Crippen LogP contribution >= 0.6 is 0 Å². The third kappa shape index (κ3) is 3.16. The Morgan fingerprint density at radius 1 is 1.40 bits per heavy atom. The highest BCUT2D eigenvalue weighted by atomic mass is 16.5. The number of nitrogens with zero attached hydrogens (tertiary/aromatic N) is 1. The lowest BCUT2D eigenvalue weighted by atomic mass is 10.1. The van der Waals surface area contributed by atoms with Gasteiger partial charge in [0.25, 0.3) is 0 Å². The van der Waals surface area contributed by atoms with Crippen LogP contribution in [0.25, 0.3) is 11.3 Å². The molecule has 6 nitrogen and oxygen atoms in total. The number of methoxy groups -OCH3 is 1. The molecule has 0 saturated carbocycles. The molecular formula is C14H18N4O2. The first kappa shape index (κ1) is 14.1. The standard InChI is InChI=1S/C14H18N4O2/c1-20-12-6-3-2-5-10(12)13-11(16-8-4-7-15)9-17-14(19)18-13/h2-3,5-6,9,16H,4,7-8,15H2,1H3,(H,17,18,19). The Hall–Kier alpha value is -2.34. The second-order valence-electron chi connectivity index (χ2n) is 4.25. The molecule has 2 rings (SSSR count). The molecule has 0 fully saturated rings. The number of ether oxygens (including phenoxy) is 1. The molecule has 2 aromatic rings. The van der Waals surface area contributed by atoms with Crippen molar-refractivity contribution < 1.29 is 4.74 Å². The summed E-state index contributed by atoms with van der Waals surface area (Å²) in [7, 11) is 1.60. The summed E-state index contributed by atoms with van der Waals surface area (Å²) >= 11 is 0. The van der Waals surface area contributed by atoms with E-state index in [1.807, 2.05) is 24.3 Å². The fourth-order valence-corrected chi connectivity index (χ4v) is 1.92. The summed E-state index contributed by atoms with van der Waals surface area (Å²) < 4.78 is 5.33. The van der Waals surface area contributed by atoms with Crippen molar-refractivity contribution in [3.63, 3.8) is 0 Å². The van der Waals surface area contributed by atoms with Crippen LogP contribution in [0.4, 0.5) is 5.69 Å². The smallest absolute Gasteiger partial charge is 0.345 e. The highest BCUT2D eigenvalue weighted by Gasteiger charge is 2.11. The first-order chi connectivity index (χ1) is 9.76. The van der Waals surface area contributed by atoms with E-state index < -0.39 is 5.69 Å². The number of aromatic amines is 1. The average molecular weight is 274 g/mol. The number of H-pyrrole nitrogens is 1. The van der Waals surface area contributed by atoms with Crippen molar-refractivity contribution in [2.75, 3.05) is 25.5 Å². The summed E-state index contributed by atoms with van der Waals surface area (Å²) in [5.41, 5.74) is 7.31. The predicted molar refractivity (Wildman–Crippen MR) is 79.0 cm³/mol. The highest BCUT2D eigenvalue weighted by Crippen LogP contribution is 2.31. The molecule has 0 bridgehead atoms. The van der Waals surface area contributed by atoms with Crippen LogP contribution in [0.3, 0.4) is 0 Å². The lowest BCUT2D eigenvalue weighted by Gasteiger charge is -2.13. The zero-order chi connectivity index (χ0) is 14.4. The summed E-state index contributed by atoms with van der Waals surface area (Å²) in [5.74, 6) is 0.691. The molecule has 20 heavy (non-hydrogen) atoms. The quantitative estimate of drug-likeness (QED) is 0.688. The first-order valence-corrected chi connectivity index (χ1v) is 6.43. The van der Waals surface area contributed by atoms with Crippen molar-refractivity contribution in [1.29, 1.82) is 0 Å². The molecular weight excluding hydrogens is 256 g/mol. The Kier molecular flexibility index (Phi) is 4.73. The molecule has 1 aromatic heterocycles. The molecule has 4 N–H and O–H groups in total. The van der Waals surface area contributed by atoms with Crippen LogP contribution in [-0.4, -0.2) is 30.2 Å². The molecule has 0 aliphatic rings. The lowest BCUT2D eigenvalue weighted by molar-refractivity contribution is 0.416. The molecule has 0 saturated heterocycles. The number of nitrogens with one attached hydrogen (secondary N) is 2. The van der Waals surface area contributed by atoms with Gasteiger partial charge in [0.1, 0.15) is 5.75 Å². The van der Waals surface area contributed by atoms with E-state index in [1.54, 1.807) is 7.11 Å². The van der Waals surface area contributed by atoms with Crippen LogP contribution in [0.15, 0.2) is 35.3 Å². The number of hydrogen-bond acceptors (Lipinski definition) is 5. The van der Waals surface area contributed by atoms with Crippen molar-refractivity contribution in [1.82, 2.24) is 9.97 Å². The van der Waals surface area contributed by atoms with Gasteiger partial charge in [-0.25, -0.2) is 4.79 Å². The Morgan fingerprint density at radius 3 is 2.95 bits per heavy atom. The van der Waals surface area contributed by atoms with Crippen molar-refractivity contribution in [3.8, 4) is 17.0 Å². The van der Waals surface area contributed by atoms with Crippen molar-refractivity contribution >= 4 is 5.69 Å². The zero-order valence-corrected chi connectivity index (χ0v) is 11.3. The van der Waals surface area contributed by atoms with Crippen molar-refractivity contribution in [2.24, 2.45) is 5.73 Å². The van der Waals surface area contributed by atoms with E-state index in [1.165, 1.54) is 6.20 Å². The second-order valence-corrected chi connectivity index (χ2v) is 4.25. The van der Waals surface area contributed by atoms with Gasteiger partial charge < -0.3 is 20.8 Å². The maximum Gasteiger partial charge on any atom is 0.345 e. The molecule has 0 aliphatic carbocycles. The fourth-order valence-electron chi connectivity index (χ4n) is 1.92. The van der Waals surface area contributed by atoms with Gasteiger partial charge in [0, 0.05) is 12.1 Å². The molecule has 0 amide bonds. The van der Waals surface area contributed by atoms with E-state index in [0.717, 1.165) is 17.7 Å². The van der Waals surface area contributed by atoms with Crippen LogP contribution in [0.2, 0.25) is 0 Å². The van der Waals surface area contributed by atoms with Gasteiger partial charge in [-0.1, -0.05) is 12.1 Å². The van der Waals surface area contributed by atoms with Gasteiger partial charge in [-0.15, -0.1) is 0 Å². The lowest BCUT2D eigenvalue weighted by Crippen LogP contribution is -2.15. The molecule has 0 spiro atoms. The summed E-state index contributed by atoms with van der Waals surface area (Å²) in [5, 5.41) is 3.22. The fraction of sp³-hybridized carbons (Fsp3) is 0.286. The zero-order valence-electron chi connectivity index (χ0n) is 11.3. The monoisotopic (exact) mass is 274 g/mol. The van der Waals surface area contributed by atoms with E-state index in [2.05, 4.69) is 15.3 Å². The average Bonchev–Trinajstić information content (AvgIpc) is 2.49. The first-order valence-electron chi connectivity index (χ1n) is 6.43. The van der Waals surface area contributed by atoms with Gasteiger partial charge in [-0.05, 0) is 25.1 Å². The molecule has 6 heteroatoms. The third-order valence-electron chi connectivity index (χ3n) is 2.88. The molecule has 0 radical (unpaired) electrons. The number of rotatable bonds is 6. The van der Waals surface area contributed by atoms with E-state index in [-0.39, 0.29) is 0 Å². The summed E-state index contributed by atoms with van der Waals surface area (Å²) in [6.07, 6.45) is 2.36. The van der Waals surface area contributed by atoms with E-state index >= 15 is 0 Å². The Balaban J connectivity index is 2.43. The largest absolute Gasteiger partial charge is 0.496 e. The topological polar surface area (TPSA) is 93.0 Å². The van der Waals surface area contributed by atoms with Crippen molar-refractivity contribution in [2.45, 2.75) is 6.42 Å². The molecule has 0 aliphatic heterocycles. The van der Waals surface area contributed by atoms with E-state index in [4.69, 9.17) is 10.5 Å². The molecule has 0 unspecified atom stereocenters. The number of benzene rings is 1. The summed E-state index contributed by atoms with van der Waals surface area (Å²) in [6.45, 7) is 1.32. The second kappa shape index (κ2) is 6.72. The molecule has 1 aromatic carbocycles. The highest BCUT2D eigenvalue weighted by molar-refractivity contribution is 5.77. The minimum atomic E-state index is -0.393. The number of aromatic nitrogens is 2. The maximum atomic E-state index is 11.5. The molecule has 106 valence electrons. The van der Waals surface area contributed by atoms with Crippen LogP contribution < -0.4 is 21.5 Å². The van der Waals surface area contributed by atoms with Crippen LogP contribution in [0, 0.1) is 0 Å². The number of hydrogen-bond donors (Lipinski definition) is 3. The minimum Gasteiger partial charge on any atom is -0.496 e. The normalized spacial score (nSPS) is 10.3. The van der Waals surface area contributed by atoms with Gasteiger partial charge in [0.2, 0.25) is 0 Å². The van der Waals surface area contributed by atoms with Crippen LogP contribution in [0.5, 0.6) is 5.75 Å². The van der Waals surface area contributed by atoms with Gasteiger partial charge in [0.05, 0.1) is 24.7 Å². The number of anilines is 1. The minimum absolute atomic E-state index is 0.393. The number of para-hydroxylation sites is 1. The summed E-state index contributed by atoms with van der Waals surface area (Å²) in [6, 6.07) is 7.50. The van der Waals surface area contributed by atoms with Crippen LogP contribution in [-0.2, 0) is 0 Å². The van der Waals surface area contributed by atoms with Gasteiger partial charge in [-0.2, -0.15) is 4.98 Å². The number of nitrogens with two attached hydrogens (primary N) is 1. The third-order valence-corrected chi connectivity index (χ3v) is 2.88. The Morgan fingerprint density at radius 2 is 2.20 bits per heavy atom. The SMILES string of the molecule is COc1ccccc1-c1[nH]c(=O)ncc1NCCCN. The Labute approximate surface area is 117 Å². The molecule has 1 heterocycles. The van der Waals surface area contributed by atoms with Gasteiger partial charge in [-0.3, -0.25) is 0 Å². The van der Waals surface area contributed by atoms with Crippen LogP contribution in [0.1, 0.15) is 6.42 Å². The summed E-state index contributed by atoms with van der Waals surface area (Å²) in [4.78, 5) is 18.0. The van der Waals surface area contributed by atoms with Gasteiger partial charge in [0.15, 0.2) is 0 Å². The van der Waals surface area contributed by atoms with Crippen molar-refractivity contribution in [3.05, 3.63) is 40.9 Å². The van der Waals surface area contributed by atoms with E-state index in [0.29, 0.717) is 24.5 Å².